The van der Waals surface area contributed by atoms with Crippen molar-refractivity contribution in [2.75, 3.05) is 33.9 Å². The average molecular weight is 439 g/mol. The zero-order valence-electron chi connectivity index (χ0n) is 19.4. The maximum atomic E-state index is 13.2. The monoisotopic (exact) mass is 438 g/mol. The molecule has 1 aliphatic rings. The number of amides is 2. The van der Waals surface area contributed by atoms with Crippen LogP contribution < -0.4 is 9.47 Å². The van der Waals surface area contributed by atoms with Crippen molar-refractivity contribution in [3.8, 4) is 11.5 Å². The van der Waals surface area contributed by atoms with Crippen LogP contribution in [0.5, 0.6) is 11.5 Å². The lowest BCUT2D eigenvalue weighted by Crippen LogP contribution is -2.49. The van der Waals surface area contributed by atoms with Gasteiger partial charge in [-0.05, 0) is 49.4 Å². The normalized spacial score (nSPS) is 14.2. The SMILES string of the molecule is CCCN(C(=O)CCc1cccc(OC)c1OC)C1CCN(C(=O)c2ccccc2)CC1. The lowest BCUT2D eigenvalue weighted by Gasteiger charge is -2.38. The van der Waals surface area contributed by atoms with Gasteiger partial charge in [-0.15, -0.1) is 0 Å². The Morgan fingerprint density at radius 2 is 1.72 bits per heavy atom. The summed E-state index contributed by atoms with van der Waals surface area (Å²) < 4.78 is 10.9. The number of rotatable bonds is 9. The average Bonchev–Trinajstić information content (AvgIpc) is 2.85. The second-order valence-electron chi connectivity index (χ2n) is 8.13. The molecule has 0 aromatic heterocycles. The molecule has 0 N–H and O–H groups in total. The molecular formula is C26H34N2O4. The van der Waals surface area contributed by atoms with E-state index >= 15 is 0 Å². The minimum atomic E-state index is 0.0718. The van der Waals surface area contributed by atoms with Gasteiger partial charge in [-0.1, -0.05) is 37.3 Å². The quantitative estimate of drug-likeness (QED) is 0.589. The summed E-state index contributed by atoms with van der Waals surface area (Å²) in [6.45, 7) is 4.19. The maximum absolute atomic E-state index is 13.2. The number of likely N-dealkylation sites (tertiary alicyclic amines) is 1. The highest BCUT2D eigenvalue weighted by molar-refractivity contribution is 5.94. The van der Waals surface area contributed by atoms with E-state index in [2.05, 4.69) is 6.92 Å². The summed E-state index contributed by atoms with van der Waals surface area (Å²) in [7, 11) is 3.24. The molecule has 2 amide bonds. The minimum Gasteiger partial charge on any atom is -0.493 e. The molecule has 0 saturated carbocycles. The Balaban J connectivity index is 1.60. The van der Waals surface area contributed by atoms with Gasteiger partial charge < -0.3 is 19.3 Å². The summed E-state index contributed by atoms with van der Waals surface area (Å²) >= 11 is 0. The van der Waals surface area contributed by atoms with Gasteiger partial charge in [0.25, 0.3) is 5.91 Å². The molecule has 1 fully saturated rings. The highest BCUT2D eigenvalue weighted by Crippen LogP contribution is 2.31. The second-order valence-corrected chi connectivity index (χ2v) is 8.13. The Kier molecular flexibility index (Phi) is 8.54. The van der Waals surface area contributed by atoms with E-state index < -0.39 is 0 Å². The van der Waals surface area contributed by atoms with E-state index in [4.69, 9.17) is 9.47 Å². The van der Waals surface area contributed by atoms with Crippen LogP contribution in [0.25, 0.3) is 0 Å². The van der Waals surface area contributed by atoms with E-state index in [9.17, 15) is 9.59 Å². The summed E-state index contributed by atoms with van der Waals surface area (Å²) in [5.41, 5.74) is 1.69. The largest absolute Gasteiger partial charge is 0.493 e. The van der Waals surface area contributed by atoms with Crippen molar-refractivity contribution in [1.82, 2.24) is 9.80 Å². The zero-order valence-corrected chi connectivity index (χ0v) is 19.4. The van der Waals surface area contributed by atoms with Gasteiger partial charge in [-0.2, -0.15) is 0 Å². The van der Waals surface area contributed by atoms with Crippen LogP contribution in [0, 0.1) is 0 Å². The van der Waals surface area contributed by atoms with Crippen molar-refractivity contribution in [1.29, 1.82) is 0 Å². The Bertz CT molecular complexity index is 892. The number of methoxy groups -OCH3 is 2. The first-order valence-electron chi connectivity index (χ1n) is 11.4. The molecule has 2 aromatic rings. The highest BCUT2D eigenvalue weighted by Gasteiger charge is 2.29. The van der Waals surface area contributed by atoms with Gasteiger partial charge in [0, 0.05) is 37.7 Å². The molecule has 0 aliphatic carbocycles. The number of ether oxygens (including phenoxy) is 2. The fraction of sp³-hybridized carbons (Fsp3) is 0.462. The van der Waals surface area contributed by atoms with Crippen molar-refractivity contribution in [2.24, 2.45) is 0 Å². The van der Waals surface area contributed by atoms with E-state index in [-0.39, 0.29) is 17.9 Å². The topological polar surface area (TPSA) is 59.1 Å². The Morgan fingerprint density at radius 1 is 1.00 bits per heavy atom. The van der Waals surface area contributed by atoms with Crippen molar-refractivity contribution in [3.05, 3.63) is 59.7 Å². The summed E-state index contributed by atoms with van der Waals surface area (Å²) in [5.74, 6) is 1.60. The third kappa shape index (κ3) is 5.61. The predicted octanol–water partition coefficient (Wildman–Crippen LogP) is 4.18. The van der Waals surface area contributed by atoms with Crippen LogP contribution in [-0.2, 0) is 11.2 Å². The number of piperidine rings is 1. The molecule has 3 rings (SSSR count). The van der Waals surface area contributed by atoms with Gasteiger partial charge in [0.05, 0.1) is 14.2 Å². The van der Waals surface area contributed by atoms with E-state index in [1.165, 1.54) is 0 Å². The van der Waals surface area contributed by atoms with Crippen molar-refractivity contribution in [2.45, 2.75) is 45.1 Å². The fourth-order valence-corrected chi connectivity index (χ4v) is 4.43. The molecule has 0 unspecified atom stereocenters. The Hall–Kier alpha value is -3.02. The molecule has 0 spiro atoms. The Morgan fingerprint density at radius 3 is 2.34 bits per heavy atom. The first kappa shape index (κ1) is 23.6. The predicted molar refractivity (Wildman–Crippen MR) is 125 cm³/mol. The molecule has 6 nitrogen and oxygen atoms in total. The number of para-hydroxylation sites is 1. The van der Waals surface area contributed by atoms with Crippen LogP contribution >= 0.6 is 0 Å². The van der Waals surface area contributed by atoms with Gasteiger partial charge in [-0.3, -0.25) is 9.59 Å². The van der Waals surface area contributed by atoms with E-state index in [1.807, 2.05) is 58.3 Å². The van der Waals surface area contributed by atoms with E-state index in [1.54, 1.807) is 14.2 Å². The summed E-state index contributed by atoms with van der Waals surface area (Å²) in [5, 5.41) is 0. The summed E-state index contributed by atoms with van der Waals surface area (Å²) in [4.78, 5) is 29.8. The van der Waals surface area contributed by atoms with E-state index in [0.717, 1.165) is 36.9 Å². The lowest BCUT2D eigenvalue weighted by atomic mass is 10.0. The molecule has 172 valence electrons. The number of carbonyl (C=O) groups is 2. The first-order chi connectivity index (χ1) is 15.6. The second kappa shape index (κ2) is 11.6. The third-order valence-electron chi connectivity index (χ3n) is 6.09. The standard InChI is InChI=1S/C26H34N2O4/c1-4-17-28(24(29)14-13-20-11-8-12-23(31-2)25(20)32-3)22-15-18-27(19-16-22)26(30)21-9-6-5-7-10-21/h5-12,22H,4,13-19H2,1-3H3. The van der Waals surface area contributed by atoms with Crippen molar-refractivity contribution in [3.63, 3.8) is 0 Å². The molecule has 0 bridgehead atoms. The fourth-order valence-electron chi connectivity index (χ4n) is 4.43. The molecule has 0 radical (unpaired) electrons. The Labute approximate surface area is 191 Å². The van der Waals surface area contributed by atoms with Crippen LogP contribution in [0.2, 0.25) is 0 Å². The van der Waals surface area contributed by atoms with Gasteiger partial charge in [0.2, 0.25) is 5.91 Å². The van der Waals surface area contributed by atoms with Crippen molar-refractivity contribution >= 4 is 11.8 Å². The number of aryl methyl sites for hydroxylation is 1. The molecular weight excluding hydrogens is 404 g/mol. The first-order valence-corrected chi connectivity index (χ1v) is 11.4. The van der Waals surface area contributed by atoms with Gasteiger partial charge in [-0.25, -0.2) is 0 Å². The minimum absolute atomic E-state index is 0.0718. The molecule has 32 heavy (non-hydrogen) atoms. The van der Waals surface area contributed by atoms with Gasteiger partial charge in [0.1, 0.15) is 0 Å². The number of nitrogens with zero attached hydrogens (tertiary/aromatic N) is 2. The van der Waals surface area contributed by atoms with E-state index in [0.29, 0.717) is 37.4 Å². The molecule has 1 aliphatic heterocycles. The lowest BCUT2D eigenvalue weighted by molar-refractivity contribution is -0.134. The highest BCUT2D eigenvalue weighted by atomic mass is 16.5. The molecule has 2 aromatic carbocycles. The molecule has 0 atom stereocenters. The van der Waals surface area contributed by atoms with Gasteiger partial charge in [0.15, 0.2) is 11.5 Å². The summed E-state index contributed by atoms with van der Waals surface area (Å²) in [6, 6.07) is 15.3. The third-order valence-corrected chi connectivity index (χ3v) is 6.09. The summed E-state index contributed by atoms with van der Waals surface area (Å²) in [6.07, 6.45) is 3.56. The van der Waals surface area contributed by atoms with Crippen LogP contribution in [-0.4, -0.2) is 61.5 Å². The molecule has 1 heterocycles. The van der Waals surface area contributed by atoms with Crippen molar-refractivity contribution < 1.29 is 19.1 Å². The number of carbonyl (C=O) groups excluding carboxylic acids is 2. The molecule has 1 saturated heterocycles. The number of benzene rings is 2. The smallest absolute Gasteiger partial charge is 0.253 e. The number of hydrogen-bond donors (Lipinski definition) is 0. The maximum Gasteiger partial charge on any atom is 0.253 e. The molecule has 6 heteroatoms. The van der Waals surface area contributed by atoms with Crippen LogP contribution in [0.15, 0.2) is 48.5 Å². The van der Waals surface area contributed by atoms with Crippen LogP contribution in [0.3, 0.4) is 0 Å². The number of hydrogen-bond acceptors (Lipinski definition) is 4. The van der Waals surface area contributed by atoms with Crippen LogP contribution in [0.1, 0.15) is 48.5 Å². The zero-order chi connectivity index (χ0) is 22.9. The van der Waals surface area contributed by atoms with Crippen LogP contribution in [0.4, 0.5) is 0 Å². The van der Waals surface area contributed by atoms with Gasteiger partial charge >= 0.3 is 0 Å².